The number of carbonyl (C=O) groups excluding carboxylic acids is 1. The van der Waals surface area contributed by atoms with E-state index in [-0.39, 0.29) is 17.9 Å². The minimum absolute atomic E-state index is 0.0751. The number of hydrogen-bond donors (Lipinski definition) is 3. The van der Waals surface area contributed by atoms with Crippen LogP contribution < -0.4 is 5.73 Å². The third-order valence-electron chi connectivity index (χ3n) is 4.02. The van der Waals surface area contributed by atoms with Gasteiger partial charge in [-0.3, -0.25) is 4.79 Å². The second kappa shape index (κ2) is 12.3. The number of halogens is 2. The summed E-state index contributed by atoms with van der Waals surface area (Å²) in [5, 5.41) is 17.1. The number of rotatable bonds is 2. The number of hydrogen-bond acceptors (Lipinski definition) is 5. The van der Waals surface area contributed by atoms with Gasteiger partial charge in [0, 0.05) is 17.5 Å². The molecule has 1 aliphatic rings. The zero-order chi connectivity index (χ0) is 22.9. The van der Waals surface area contributed by atoms with E-state index in [0.717, 1.165) is 18.4 Å². The third kappa shape index (κ3) is 8.09. The SMILES string of the molecule is CC.CC.CC(C)(O)O.Cc1c(Cl)nc2c(ncn2C2CCC(C(N)=O)C2)c1Cl. The molecule has 0 saturated heterocycles. The average molecular weight is 449 g/mol. The van der Waals surface area contributed by atoms with Gasteiger partial charge in [-0.05, 0) is 40.0 Å². The molecule has 0 aliphatic heterocycles. The first kappa shape index (κ1) is 27.6. The van der Waals surface area contributed by atoms with Crippen LogP contribution in [-0.4, -0.2) is 36.4 Å². The van der Waals surface area contributed by atoms with Gasteiger partial charge >= 0.3 is 0 Å². The van der Waals surface area contributed by atoms with Crippen LogP contribution >= 0.6 is 23.2 Å². The van der Waals surface area contributed by atoms with Crippen molar-refractivity contribution in [1.82, 2.24) is 14.5 Å². The van der Waals surface area contributed by atoms with Gasteiger partial charge in [0.2, 0.25) is 5.91 Å². The van der Waals surface area contributed by atoms with E-state index in [2.05, 4.69) is 9.97 Å². The minimum Gasteiger partial charge on any atom is -0.369 e. The maximum absolute atomic E-state index is 11.3. The van der Waals surface area contributed by atoms with E-state index in [0.29, 0.717) is 27.8 Å². The van der Waals surface area contributed by atoms with Gasteiger partial charge in [-0.1, -0.05) is 50.9 Å². The number of primary amides is 1. The van der Waals surface area contributed by atoms with Crippen molar-refractivity contribution < 1.29 is 15.0 Å². The molecule has 29 heavy (non-hydrogen) atoms. The highest BCUT2D eigenvalue weighted by molar-refractivity contribution is 6.38. The normalized spacial score (nSPS) is 18.0. The number of aromatic nitrogens is 3. The van der Waals surface area contributed by atoms with Crippen LogP contribution in [0.5, 0.6) is 0 Å². The first-order valence-corrected chi connectivity index (χ1v) is 10.7. The van der Waals surface area contributed by atoms with Gasteiger partial charge < -0.3 is 20.5 Å². The van der Waals surface area contributed by atoms with E-state index in [1.165, 1.54) is 13.8 Å². The third-order valence-corrected chi connectivity index (χ3v) is 4.85. The van der Waals surface area contributed by atoms with Gasteiger partial charge in [-0.2, -0.15) is 0 Å². The summed E-state index contributed by atoms with van der Waals surface area (Å²) in [6.07, 6.45) is 4.11. The predicted octanol–water partition coefficient (Wildman–Crippen LogP) is 4.63. The van der Waals surface area contributed by atoms with Gasteiger partial charge in [0.05, 0.1) is 11.3 Å². The highest BCUT2D eigenvalue weighted by Crippen LogP contribution is 2.37. The summed E-state index contributed by atoms with van der Waals surface area (Å²) in [6.45, 7) is 12.4. The molecule has 7 nitrogen and oxygen atoms in total. The van der Waals surface area contributed by atoms with Crippen LogP contribution in [0.3, 0.4) is 0 Å². The number of amides is 1. The predicted molar refractivity (Wildman–Crippen MR) is 119 cm³/mol. The average Bonchev–Trinajstić information content (AvgIpc) is 3.29. The minimum atomic E-state index is -1.50. The molecule has 3 rings (SSSR count). The quantitative estimate of drug-likeness (QED) is 0.457. The van der Waals surface area contributed by atoms with Crippen molar-refractivity contribution in [1.29, 1.82) is 0 Å². The van der Waals surface area contributed by atoms with Gasteiger partial charge in [0.15, 0.2) is 11.4 Å². The van der Waals surface area contributed by atoms with Crippen LogP contribution in [0.4, 0.5) is 0 Å². The molecule has 2 aromatic heterocycles. The van der Waals surface area contributed by atoms with Gasteiger partial charge in [0.1, 0.15) is 10.7 Å². The summed E-state index contributed by atoms with van der Waals surface area (Å²) in [4.78, 5) is 20.0. The first-order valence-electron chi connectivity index (χ1n) is 9.91. The van der Waals surface area contributed by atoms with Gasteiger partial charge in [-0.25, -0.2) is 9.97 Å². The lowest BCUT2D eigenvalue weighted by Crippen LogP contribution is -2.21. The summed E-state index contributed by atoms with van der Waals surface area (Å²) >= 11 is 12.4. The molecule has 0 bridgehead atoms. The summed E-state index contributed by atoms with van der Waals surface area (Å²) in [5.74, 6) is -1.81. The summed E-state index contributed by atoms with van der Waals surface area (Å²) in [6, 6.07) is 0.167. The van der Waals surface area contributed by atoms with Crippen molar-refractivity contribution in [2.45, 2.75) is 79.6 Å². The first-order chi connectivity index (χ1) is 13.5. The molecule has 0 aromatic carbocycles. The second-order valence-electron chi connectivity index (χ2n) is 6.73. The van der Waals surface area contributed by atoms with E-state index in [4.69, 9.17) is 39.1 Å². The van der Waals surface area contributed by atoms with Crippen molar-refractivity contribution in [3.8, 4) is 0 Å². The van der Waals surface area contributed by atoms with Crippen LogP contribution in [0, 0.1) is 12.8 Å². The molecule has 2 heterocycles. The van der Waals surface area contributed by atoms with E-state index < -0.39 is 5.79 Å². The number of nitrogens with zero attached hydrogens (tertiary/aromatic N) is 3. The lowest BCUT2D eigenvalue weighted by molar-refractivity contribution is -0.127. The highest BCUT2D eigenvalue weighted by atomic mass is 35.5. The molecule has 1 fully saturated rings. The Morgan fingerprint density at radius 2 is 1.72 bits per heavy atom. The summed E-state index contributed by atoms with van der Waals surface area (Å²) in [5.41, 5.74) is 7.42. The Kier molecular flexibility index (Phi) is 11.7. The fraction of sp³-hybridized carbons (Fsp3) is 0.650. The van der Waals surface area contributed by atoms with Crippen LogP contribution in [-0.2, 0) is 4.79 Å². The zero-order valence-corrected chi connectivity index (χ0v) is 19.8. The monoisotopic (exact) mass is 448 g/mol. The van der Waals surface area contributed by atoms with Crippen molar-refractivity contribution >= 4 is 40.3 Å². The summed E-state index contributed by atoms with van der Waals surface area (Å²) < 4.78 is 1.95. The molecule has 0 radical (unpaired) electrons. The van der Waals surface area contributed by atoms with Crippen LogP contribution in [0.2, 0.25) is 10.2 Å². The maximum Gasteiger partial charge on any atom is 0.220 e. The van der Waals surface area contributed by atoms with Gasteiger partial charge in [-0.15, -0.1) is 0 Å². The number of carbonyl (C=O) groups is 1. The number of fused-ring (bicyclic) bond motifs is 1. The largest absolute Gasteiger partial charge is 0.369 e. The van der Waals surface area contributed by atoms with E-state index >= 15 is 0 Å². The molecular formula is C20H34Cl2N4O3. The Morgan fingerprint density at radius 1 is 1.21 bits per heavy atom. The van der Waals surface area contributed by atoms with Crippen LogP contribution in [0.1, 0.15) is 72.4 Å². The van der Waals surface area contributed by atoms with Crippen molar-refractivity contribution in [3.05, 3.63) is 22.1 Å². The van der Waals surface area contributed by atoms with E-state index in [1.807, 2.05) is 39.2 Å². The zero-order valence-electron chi connectivity index (χ0n) is 18.3. The number of aliphatic hydroxyl groups is 2. The molecule has 2 atom stereocenters. The Labute approximate surface area is 183 Å². The van der Waals surface area contributed by atoms with Crippen molar-refractivity contribution in [2.24, 2.45) is 11.7 Å². The summed E-state index contributed by atoms with van der Waals surface area (Å²) in [7, 11) is 0. The topological polar surface area (TPSA) is 114 Å². The standard InChI is InChI=1S/C13H14Cl2N4O.C3H8O2.2C2H6/c1-6-9(14)10-13(18-11(6)15)19(5-17-10)8-3-2-7(4-8)12(16)20;1-3(2,4)5;2*1-2/h5,7-8H,2-4H2,1H3,(H2,16,20);4-5H,1-2H3;2*1-2H3. The van der Waals surface area contributed by atoms with E-state index in [1.54, 1.807) is 6.33 Å². The number of nitrogens with two attached hydrogens (primary N) is 1. The molecule has 4 N–H and O–H groups in total. The van der Waals surface area contributed by atoms with Crippen LogP contribution in [0.25, 0.3) is 11.2 Å². The van der Waals surface area contributed by atoms with Crippen LogP contribution in [0.15, 0.2) is 6.33 Å². The van der Waals surface area contributed by atoms with E-state index in [9.17, 15) is 4.79 Å². The molecule has 2 aromatic rings. The smallest absolute Gasteiger partial charge is 0.220 e. The molecule has 0 spiro atoms. The van der Waals surface area contributed by atoms with Gasteiger partial charge in [0.25, 0.3) is 0 Å². The molecule has 1 saturated carbocycles. The molecule has 1 amide bonds. The molecule has 9 heteroatoms. The Balaban J connectivity index is 0.000000752. The Bertz CT molecular complexity index is 782. The number of imidazole rings is 1. The fourth-order valence-electron chi connectivity index (χ4n) is 2.80. The van der Waals surface area contributed by atoms with Crippen molar-refractivity contribution in [2.75, 3.05) is 0 Å². The lowest BCUT2D eigenvalue weighted by atomic mass is 10.1. The highest BCUT2D eigenvalue weighted by Gasteiger charge is 2.31. The lowest BCUT2D eigenvalue weighted by Gasteiger charge is -2.13. The maximum atomic E-state index is 11.3. The fourth-order valence-corrected chi connectivity index (χ4v) is 3.25. The Morgan fingerprint density at radius 3 is 2.17 bits per heavy atom. The van der Waals surface area contributed by atoms with Crippen molar-refractivity contribution in [3.63, 3.8) is 0 Å². The molecule has 2 unspecified atom stereocenters. The molecule has 166 valence electrons. The Hall–Kier alpha value is -1.41. The molecular weight excluding hydrogens is 415 g/mol. The second-order valence-corrected chi connectivity index (χ2v) is 7.46. The number of pyridine rings is 1. The molecule has 1 aliphatic carbocycles.